The fraction of sp³-hybridized carbons (Fsp3) is 0.0357. The summed E-state index contributed by atoms with van der Waals surface area (Å²) >= 11 is 1.47. The Morgan fingerprint density at radius 2 is 1.46 bits per heavy atom. The summed E-state index contributed by atoms with van der Waals surface area (Å²) in [6.07, 6.45) is 1.59. The zero-order chi connectivity index (χ0) is 24.3. The number of rotatable bonds is 7. The largest absolute Gasteiger partial charge is 0.422 e. The van der Waals surface area contributed by atoms with E-state index in [0.717, 1.165) is 25.2 Å². The van der Waals surface area contributed by atoms with Gasteiger partial charge in [0.2, 0.25) is 0 Å². The summed E-state index contributed by atoms with van der Waals surface area (Å²) < 4.78 is 34.9. The van der Waals surface area contributed by atoms with Crippen molar-refractivity contribution in [2.45, 2.75) is 16.7 Å². The zero-order valence-corrected chi connectivity index (χ0v) is 20.5. The first-order valence-corrected chi connectivity index (χ1v) is 13.2. The number of aryl methyl sites for hydroxylation is 1. The van der Waals surface area contributed by atoms with Gasteiger partial charge >= 0.3 is 6.01 Å². The number of aromatic nitrogens is 1. The Kier molecular flexibility index (Phi) is 6.44. The number of oxazole rings is 1. The Morgan fingerprint density at radius 1 is 0.829 bits per heavy atom. The molecule has 174 valence electrons. The highest BCUT2D eigenvalue weighted by Crippen LogP contribution is 2.37. The minimum atomic E-state index is -4.03. The van der Waals surface area contributed by atoms with Crippen LogP contribution >= 0.6 is 11.8 Å². The quantitative estimate of drug-likeness (QED) is 0.224. The molecule has 35 heavy (non-hydrogen) atoms. The van der Waals surface area contributed by atoms with Gasteiger partial charge in [-0.3, -0.25) is 0 Å². The SMILES string of the molecule is Cc1ccc(S(=O)(=O)N(/C=C(\Sc2ccccc2)c2ccccc2)c2nc3ccccc3o2)cc1. The fourth-order valence-corrected chi connectivity index (χ4v) is 5.75. The molecule has 0 amide bonds. The Balaban J connectivity index is 1.70. The van der Waals surface area contributed by atoms with E-state index in [4.69, 9.17) is 4.42 Å². The molecule has 0 aliphatic carbocycles. The Bertz CT molecular complexity index is 1550. The number of anilines is 1. The van der Waals surface area contributed by atoms with Crippen LogP contribution in [0.1, 0.15) is 11.1 Å². The highest BCUT2D eigenvalue weighted by atomic mass is 32.2. The molecule has 0 unspecified atom stereocenters. The van der Waals surface area contributed by atoms with Crippen molar-refractivity contribution in [3.05, 3.63) is 127 Å². The van der Waals surface area contributed by atoms with E-state index in [0.29, 0.717) is 11.1 Å². The van der Waals surface area contributed by atoms with Gasteiger partial charge in [0.1, 0.15) is 5.52 Å². The average Bonchev–Trinajstić information content (AvgIpc) is 3.31. The normalized spacial score (nSPS) is 12.1. The summed E-state index contributed by atoms with van der Waals surface area (Å²) in [6, 6.07) is 33.4. The third-order valence-corrected chi connectivity index (χ3v) is 8.03. The minimum Gasteiger partial charge on any atom is -0.422 e. The second-order valence-electron chi connectivity index (χ2n) is 7.85. The topological polar surface area (TPSA) is 63.4 Å². The fourth-order valence-electron chi connectivity index (χ4n) is 3.49. The molecule has 5 nitrogen and oxygen atoms in total. The summed E-state index contributed by atoms with van der Waals surface area (Å²) in [5.41, 5.74) is 2.94. The molecular formula is C28H22N2O3S2. The summed E-state index contributed by atoms with van der Waals surface area (Å²) in [5.74, 6) is 0. The summed E-state index contributed by atoms with van der Waals surface area (Å²) in [4.78, 5) is 6.36. The molecule has 0 bridgehead atoms. The first-order valence-electron chi connectivity index (χ1n) is 11.0. The van der Waals surface area contributed by atoms with Crippen molar-refractivity contribution in [2.75, 3.05) is 4.31 Å². The van der Waals surface area contributed by atoms with E-state index in [1.807, 2.05) is 79.7 Å². The molecule has 0 saturated carbocycles. The average molecular weight is 499 g/mol. The van der Waals surface area contributed by atoms with E-state index in [1.165, 1.54) is 11.8 Å². The maximum Gasteiger partial charge on any atom is 0.317 e. The van der Waals surface area contributed by atoms with Crippen LogP contribution in [0.2, 0.25) is 0 Å². The summed E-state index contributed by atoms with van der Waals surface area (Å²) in [7, 11) is -4.03. The second-order valence-corrected chi connectivity index (χ2v) is 10.8. The lowest BCUT2D eigenvalue weighted by Gasteiger charge is -2.19. The number of nitrogens with zero attached hydrogens (tertiary/aromatic N) is 2. The lowest BCUT2D eigenvalue weighted by atomic mass is 10.2. The molecule has 5 rings (SSSR count). The van der Waals surface area contributed by atoms with Gasteiger partial charge in [0, 0.05) is 16.0 Å². The highest BCUT2D eigenvalue weighted by Gasteiger charge is 2.29. The van der Waals surface area contributed by atoms with Crippen molar-refractivity contribution in [1.29, 1.82) is 0 Å². The van der Waals surface area contributed by atoms with Gasteiger partial charge in [0.25, 0.3) is 10.0 Å². The van der Waals surface area contributed by atoms with Gasteiger partial charge < -0.3 is 4.42 Å². The highest BCUT2D eigenvalue weighted by molar-refractivity contribution is 8.08. The van der Waals surface area contributed by atoms with E-state index in [-0.39, 0.29) is 10.9 Å². The molecule has 0 radical (unpaired) electrons. The summed E-state index contributed by atoms with van der Waals surface area (Å²) in [6.45, 7) is 1.92. The number of hydrogen-bond acceptors (Lipinski definition) is 5. The molecule has 7 heteroatoms. The second kappa shape index (κ2) is 9.82. The molecule has 0 aliphatic heterocycles. The number of fused-ring (bicyclic) bond motifs is 1. The van der Waals surface area contributed by atoms with Crippen LogP contribution in [-0.4, -0.2) is 13.4 Å². The standard InChI is InChI=1S/C28H22N2O3S2/c1-21-16-18-24(19-17-21)35(31,32)30(28-29-25-14-8-9-15-26(25)33-28)20-27(22-10-4-2-5-11-22)34-23-12-6-3-7-13-23/h2-20H,1H3/b27-20-. The van der Waals surface area contributed by atoms with Gasteiger partial charge in [0.05, 0.1) is 4.90 Å². The van der Waals surface area contributed by atoms with Crippen LogP contribution in [0, 0.1) is 6.92 Å². The Hall–Kier alpha value is -3.81. The molecule has 0 fully saturated rings. The van der Waals surface area contributed by atoms with E-state index in [9.17, 15) is 8.42 Å². The lowest BCUT2D eigenvalue weighted by Crippen LogP contribution is -2.26. The molecule has 0 spiro atoms. The van der Waals surface area contributed by atoms with Gasteiger partial charge in [-0.1, -0.05) is 90.1 Å². The van der Waals surface area contributed by atoms with Gasteiger partial charge in [-0.05, 0) is 48.9 Å². The summed E-state index contributed by atoms with van der Waals surface area (Å²) in [5, 5.41) is 0. The van der Waals surface area contributed by atoms with Crippen LogP contribution in [-0.2, 0) is 10.0 Å². The van der Waals surface area contributed by atoms with Crippen molar-refractivity contribution < 1.29 is 12.8 Å². The van der Waals surface area contributed by atoms with Crippen molar-refractivity contribution in [3.63, 3.8) is 0 Å². The molecule has 0 N–H and O–H groups in total. The van der Waals surface area contributed by atoms with Crippen molar-refractivity contribution in [1.82, 2.24) is 4.98 Å². The number of benzene rings is 4. The third kappa shape index (κ3) is 5.01. The zero-order valence-electron chi connectivity index (χ0n) is 18.9. The van der Waals surface area contributed by atoms with Crippen molar-refractivity contribution in [2.24, 2.45) is 0 Å². The van der Waals surface area contributed by atoms with Crippen LogP contribution in [0.25, 0.3) is 16.0 Å². The van der Waals surface area contributed by atoms with Crippen molar-refractivity contribution in [3.8, 4) is 0 Å². The van der Waals surface area contributed by atoms with E-state index in [2.05, 4.69) is 4.98 Å². The molecule has 0 atom stereocenters. The van der Waals surface area contributed by atoms with E-state index >= 15 is 0 Å². The van der Waals surface area contributed by atoms with Crippen LogP contribution < -0.4 is 4.31 Å². The maximum atomic E-state index is 13.9. The molecule has 0 saturated heterocycles. The first kappa shape index (κ1) is 23.0. The van der Waals surface area contributed by atoms with Crippen LogP contribution in [0.3, 0.4) is 0 Å². The van der Waals surface area contributed by atoms with Crippen molar-refractivity contribution >= 4 is 43.8 Å². The monoisotopic (exact) mass is 498 g/mol. The Morgan fingerprint density at radius 3 is 2.14 bits per heavy atom. The molecule has 1 aromatic heterocycles. The lowest BCUT2D eigenvalue weighted by molar-refractivity contribution is 0.578. The number of sulfonamides is 1. The number of para-hydroxylation sites is 2. The van der Waals surface area contributed by atoms with Crippen LogP contribution in [0.15, 0.2) is 130 Å². The number of hydrogen-bond donors (Lipinski definition) is 0. The first-order chi connectivity index (χ1) is 17.0. The van der Waals surface area contributed by atoms with Gasteiger partial charge in [-0.2, -0.15) is 9.29 Å². The smallest absolute Gasteiger partial charge is 0.317 e. The molecule has 5 aromatic rings. The van der Waals surface area contributed by atoms with Gasteiger partial charge in [-0.15, -0.1) is 0 Å². The predicted molar refractivity (Wildman–Crippen MR) is 142 cm³/mol. The number of thioether (sulfide) groups is 1. The van der Waals surface area contributed by atoms with Crippen LogP contribution in [0.5, 0.6) is 0 Å². The minimum absolute atomic E-state index is 0.0196. The van der Waals surface area contributed by atoms with E-state index < -0.39 is 10.0 Å². The predicted octanol–water partition coefficient (Wildman–Crippen LogP) is 7.12. The van der Waals surface area contributed by atoms with E-state index in [1.54, 1.807) is 42.6 Å². The maximum absolute atomic E-state index is 13.9. The Labute approximate surface area is 208 Å². The van der Waals surface area contributed by atoms with Gasteiger partial charge in [-0.25, -0.2) is 8.42 Å². The van der Waals surface area contributed by atoms with Gasteiger partial charge in [0.15, 0.2) is 5.58 Å². The van der Waals surface area contributed by atoms with Crippen LogP contribution in [0.4, 0.5) is 6.01 Å². The molecule has 4 aromatic carbocycles. The molecular weight excluding hydrogens is 476 g/mol. The molecule has 0 aliphatic rings. The molecule has 1 heterocycles. The third-order valence-electron chi connectivity index (χ3n) is 5.31.